The van der Waals surface area contributed by atoms with Gasteiger partial charge in [-0.1, -0.05) is 45.4 Å². The molecule has 0 saturated heterocycles. The minimum absolute atomic E-state index is 0.338. The molecule has 1 saturated carbocycles. The molecule has 1 fully saturated rings. The maximum absolute atomic E-state index is 12.2. The van der Waals surface area contributed by atoms with Crippen molar-refractivity contribution in [3.63, 3.8) is 0 Å². The van der Waals surface area contributed by atoms with E-state index in [4.69, 9.17) is 4.74 Å². The summed E-state index contributed by atoms with van der Waals surface area (Å²) in [5, 5.41) is 0. The lowest BCUT2D eigenvalue weighted by atomic mass is 9.78. The maximum Gasteiger partial charge on any atom is 0.135 e. The zero-order valence-corrected chi connectivity index (χ0v) is 13.0. The van der Waals surface area contributed by atoms with E-state index >= 15 is 0 Å². The molecule has 1 rings (SSSR count). The van der Waals surface area contributed by atoms with Gasteiger partial charge in [0.05, 0.1) is 0 Å². The van der Waals surface area contributed by atoms with Crippen LogP contribution in [0.15, 0.2) is 0 Å². The van der Waals surface area contributed by atoms with Crippen molar-refractivity contribution in [3.8, 4) is 0 Å². The SMILES string of the molecule is CCCCCCCCC(=O)C1CCCC(COC)C1. The summed E-state index contributed by atoms with van der Waals surface area (Å²) < 4.78 is 5.23. The fraction of sp³-hybridized carbons (Fsp3) is 0.941. The Morgan fingerprint density at radius 3 is 2.58 bits per heavy atom. The molecule has 0 radical (unpaired) electrons. The van der Waals surface area contributed by atoms with Crippen LogP contribution in [0.1, 0.15) is 77.6 Å². The maximum atomic E-state index is 12.2. The molecular formula is C17H32O2. The summed E-state index contributed by atoms with van der Waals surface area (Å²) in [4.78, 5) is 12.2. The Labute approximate surface area is 119 Å². The summed E-state index contributed by atoms with van der Waals surface area (Å²) in [6.07, 6.45) is 13.1. The fourth-order valence-electron chi connectivity index (χ4n) is 3.25. The molecule has 1 aliphatic rings. The first-order valence-corrected chi connectivity index (χ1v) is 8.29. The van der Waals surface area contributed by atoms with Crippen molar-refractivity contribution < 1.29 is 9.53 Å². The van der Waals surface area contributed by atoms with Gasteiger partial charge in [-0.05, 0) is 31.6 Å². The topological polar surface area (TPSA) is 26.3 Å². The second-order valence-electron chi connectivity index (χ2n) is 6.17. The van der Waals surface area contributed by atoms with Crippen molar-refractivity contribution in [2.45, 2.75) is 77.6 Å². The third-order valence-electron chi connectivity index (χ3n) is 4.42. The smallest absolute Gasteiger partial charge is 0.135 e. The molecule has 1 aliphatic carbocycles. The summed E-state index contributed by atoms with van der Waals surface area (Å²) in [7, 11) is 1.77. The number of hydrogen-bond donors (Lipinski definition) is 0. The van der Waals surface area contributed by atoms with Crippen molar-refractivity contribution in [1.82, 2.24) is 0 Å². The zero-order chi connectivity index (χ0) is 13.9. The molecule has 0 bridgehead atoms. The van der Waals surface area contributed by atoms with Gasteiger partial charge in [-0.3, -0.25) is 4.79 Å². The molecule has 2 unspecified atom stereocenters. The molecule has 0 aromatic carbocycles. The summed E-state index contributed by atoms with van der Waals surface area (Å²) in [6.45, 7) is 3.07. The molecule has 0 aliphatic heterocycles. The predicted octanol–water partition coefficient (Wildman–Crippen LogP) is 4.76. The van der Waals surface area contributed by atoms with Gasteiger partial charge in [0, 0.05) is 26.1 Å². The fourth-order valence-corrected chi connectivity index (χ4v) is 3.25. The lowest BCUT2D eigenvalue weighted by Crippen LogP contribution is -2.25. The third kappa shape index (κ3) is 7.10. The first-order chi connectivity index (χ1) is 9.27. The predicted molar refractivity (Wildman–Crippen MR) is 80.3 cm³/mol. The Hall–Kier alpha value is -0.370. The normalized spacial score (nSPS) is 23.5. The highest BCUT2D eigenvalue weighted by atomic mass is 16.5. The van der Waals surface area contributed by atoms with Crippen LogP contribution in [0.4, 0.5) is 0 Å². The molecule has 0 aromatic rings. The molecular weight excluding hydrogens is 236 g/mol. The first-order valence-electron chi connectivity index (χ1n) is 8.29. The summed E-state index contributed by atoms with van der Waals surface area (Å²) in [5.41, 5.74) is 0. The standard InChI is InChI=1S/C17H32O2/c1-3-4-5-6-7-8-12-17(18)16-11-9-10-15(13-16)14-19-2/h15-16H,3-14H2,1-2H3. The monoisotopic (exact) mass is 268 g/mol. The van der Waals surface area contributed by atoms with Crippen LogP contribution in [-0.4, -0.2) is 19.5 Å². The number of unbranched alkanes of at least 4 members (excludes halogenated alkanes) is 5. The van der Waals surface area contributed by atoms with Gasteiger partial charge in [0.15, 0.2) is 0 Å². The number of carbonyl (C=O) groups is 1. The highest BCUT2D eigenvalue weighted by molar-refractivity contribution is 5.81. The van der Waals surface area contributed by atoms with Crippen LogP contribution in [-0.2, 0) is 9.53 Å². The number of Topliss-reactive ketones (excluding diaryl/α,β-unsaturated/α-hetero) is 1. The molecule has 0 amide bonds. The average Bonchev–Trinajstić information content (AvgIpc) is 2.43. The van der Waals surface area contributed by atoms with E-state index in [9.17, 15) is 4.79 Å². The van der Waals surface area contributed by atoms with E-state index < -0.39 is 0 Å². The van der Waals surface area contributed by atoms with Crippen LogP contribution >= 0.6 is 0 Å². The highest BCUT2D eigenvalue weighted by Gasteiger charge is 2.26. The average molecular weight is 268 g/mol. The lowest BCUT2D eigenvalue weighted by molar-refractivity contribution is -0.124. The summed E-state index contributed by atoms with van der Waals surface area (Å²) in [5.74, 6) is 1.48. The van der Waals surface area contributed by atoms with Gasteiger partial charge >= 0.3 is 0 Å². The Kier molecular flexibility index (Phi) is 9.15. The Balaban J connectivity index is 2.11. The second-order valence-corrected chi connectivity index (χ2v) is 6.17. The second kappa shape index (κ2) is 10.4. The van der Waals surface area contributed by atoms with Crippen molar-refractivity contribution in [3.05, 3.63) is 0 Å². The first kappa shape index (κ1) is 16.7. The third-order valence-corrected chi connectivity index (χ3v) is 4.42. The van der Waals surface area contributed by atoms with Crippen LogP contribution < -0.4 is 0 Å². The van der Waals surface area contributed by atoms with E-state index in [1.54, 1.807) is 7.11 Å². The van der Waals surface area contributed by atoms with Crippen LogP contribution in [0.25, 0.3) is 0 Å². The Morgan fingerprint density at radius 2 is 1.84 bits per heavy atom. The van der Waals surface area contributed by atoms with E-state index in [-0.39, 0.29) is 0 Å². The molecule has 0 heterocycles. The van der Waals surface area contributed by atoms with Crippen LogP contribution in [0.3, 0.4) is 0 Å². The van der Waals surface area contributed by atoms with E-state index in [1.807, 2.05) is 0 Å². The molecule has 0 aromatic heterocycles. The quantitative estimate of drug-likeness (QED) is 0.534. The number of carbonyl (C=O) groups excluding carboxylic acids is 1. The van der Waals surface area contributed by atoms with Crippen molar-refractivity contribution in [1.29, 1.82) is 0 Å². The number of hydrogen-bond acceptors (Lipinski definition) is 2. The molecule has 0 N–H and O–H groups in total. The summed E-state index contributed by atoms with van der Waals surface area (Å²) in [6, 6.07) is 0. The van der Waals surface area contributed by atoms with E-state index in [1.165, 1.54) is 44.9 Å². The van der Waals surface area contributed by atoms with Gasteiger partial charge in [0.1, 0.15) is 5.78 Å². The van der Waals surface area contributed by atoms with Crippen LogP contribution in [0, 0.1) is 11.8 Å². The minimum Gasteiger partial charge on any atom is -0.384 e. The van der Waals surface area contributed by atoms with Gasteiger partial charge in [0.2, 0.25) is 0 Å². The van der Waals surface area contributed by atoms with Crippen molar-refractivity contribution >= 4 is 5.78 Å². The Morgan fingerprint density at radius 1 is 1.11 bits per heavy atom. The van der Waals surface area contributed by atoms with E-state index in [2.05, 4.69) is 6.92 Å². The number of rotatable bonds is 10. The van der Waals surface area contributed by atoms with E-state index in [0.717, 1.165) is 32.3 Å². The molecule has 112 valence electrons. The number of ketones is 1. The lowest BCUT2D eigenvalue weighted by Gasteiger charge is -2.27. The van der Waals surface area contributed by atoms with Gasteiger partial charge in [-0.2, -0.15) is 0 Å². The van der Waals surface area contributed by atoms with Crippen molar-refractivity contribution in [2.24, 2.45) is 11.8 Å². The molecule has 2 heteroatoms. The van der Waals surface area contributed by atoms with E-state index in [0.29, 0.717) is 17.6 Å². The van der Waals surface area contributed by atoms with Gasteiger partial charge in [-0.15, -0.1) is 0 Å². The molecule has 2 atom stereocenters. The van der Waals surface area contributed by atoms with Gasteiger partial charge < -0.3 is 4.74 Å². The molecule has 19 heavy (non-hydrogen) atoms. The van der Waals surface area contributed by atoms with Gasteiger partial charge in [0.25, 0.3) is 0 Å². The Bertz CT molecular complexity index is 235. The molecule has 0 spiro atoms. The molecule has 2 nitrogen and oxygen atoms in total. The number of methoxy groups -OCH3 is 1. The zero-order valence-electron chi connectivity index (χ0n) is 13.0. The highest BCUT2D eigenvalue weighted by Crippen LogP contribution is 2.30. The minimum atomic E-state index is 0.338. The van der Waals surface area contributed by atoms with Crippen LogP contribution in [0.5, 0.6) is 0 Å². The largest absolute Gasteiger partial charge is 0.384 e. The summed E-state index contributed by atoms with van der Waals surface area (Å²) >= 11 is 0. The van der Waals surface area contributed by atoms with Crippen LogP contribution in [0.2, 0.25) is 0 Å². The van der Waals surface area contributed by atoms with Crippen molar-refractivity contribution in [2.75, 3.05) is 13.7 Å². The number of ether oxygens (including phenoxy) is 1. The van der Waals surface area contributed by atoms with Gasteiger partial charge in [-0.25, -0.2) is 0 Å².